The predicted molar refractivity (Wildman–Crippen MR) is 78.4 cm³/mol. The number of carbonyl (C=O) groups is 1. The number of carbonyl (C=O) groups excluding carboxylic acids is 1. The molecule has 0 aliphatic carbocycles. The summed E-state index contributed by atoms with van der Waals surface area (Å²) in [5.41, 5.74) is 1.04. The van der Waals surface area contributed by atoms with E-state index in [0.29, 0.717) is 5.92 Å². The molecule has 0 heterocycles. The van der Waals surface area contributed by atoms with Crippen molar-refractivity contribution in [1.29, 1.82) is 0 Å². The Morgan fingerprint density at radius 2 is 1.90 bits per heavy atom. The van der Waals surface area contributed by atoms with E-state index in [2.05, 4.69) is 23.3 Å². The highest BCUT2D eigenvalue weighted by atomic mass is 32.2. The Morgan fingerprint density at radius 1 is 1.33 bits per heavy atom. The van der Waals surface area contributed by atoms with E-state index in [1.54, 1.807) is 12.1 Å². The highest BCUT2D eigenvalue weighted by Gasteiger charge is 2.25. The fraction of sp³-hybridized carbons (Fsp3) is 0.500. The van der Waals surface area contributed by atoms with Crippen LogP contribution in [0.15, 0.2) is 29.2 Å². The van der Waals surface area contributed by atoms with E-state index in [0.717, 1.165) is 19.1 Å². The van der Waals surface area contributed by atoms with E-state index in [4.69, 9.17) is 5.11 Å². The minimum atomic E-state index is -3.89. The number of aliphatic hydroxyl groups excluding tert-OH is 1. The number of rotatable bonds is 7. The summed E-state index contributed by atoms with van der Waals surface area (Å²) in [6, 6.07) is 5.14. The first-order chi connectivity index (χ1) is 9.85. The van der Waals surface area contributed by atoms with Gasteiger partial charge < -0.3 is 9.84 Å². The molecule has 0 amide bonds. The van der Waals surface area contributed by atoms with Crippen molar-refractivity contribution in [1.82, 2.24) is 4.72 Å². The van der Waals surface area contributed by atoms with Crippen molar-refractivity contribution in [3.63, 3.8) is 0 Å². The maximum Gasteiger partial charge on any atom is 0.326 e. The number of esters is 1. The van der Waals surface area contributed by atoms with Crippen molar-refractivity contribution >= 4 is 16.0 Å². The average molecular weight is 315 g/mol. The van der Waals surface area contributed by atoms with E-state index in [1.165, 1.54) is 12.1 Å². The maximum absolute atomic E-state index is 12.1. The Labute approximate surface area is 125 Å². The lowest BCUT2D eigenvalue weighted by molar-refractivity contribution is -0.143. The first-order valence-corrected chi connectivity index (χ1v) is 8.15. The lowest BCUT2D eigenvalue weighted by atomic mass is 9.99. The van der Waals surface area contributed by atoms with Crippen LogP contribution in [-0.2, 0) is 19.6 Å². The van der Waals surface area contributed by atoms with Crippen molar-refractivity contribution in [2.75, 3.05) is 13.7 Å². The zero-order valence-corrected chi connectivity index (χ0v) is 13.2. The third-order valence-electron chi connectivity index (χ3n) is 3.34. The Hall–Kier alpha value is -1.44. The third kappa shape index (κ3) is 4.52. The number of ether oxygens (including phenoxy) is 1. The van der Waals surface area contributed by atoms with Crippen LogP contribution < -0.4 is 4.72 Å². The molecule has 0 saturated carbocycles. The lowest BCUT2D eigenvalue weighted by Crippen LogP contribution is -2.43. The molecule has 2 unspecified atom stereocenters. The van der Waals surface area contributed by atoms with E-state index in [9.17, 15) is 13.2 Å². The molecule has 0 saturated heterocycles. The van der Waals surface area contributed by atoms with Gasteiger partial charge in [0.2, 0.25) is 10.0 Å². The van der Waals surface area contributed by atoms with Crippen LogP contribution in [0, 0.1) is 0 Å². The number of benzene rings is 1. The summed E-state index contributed by atoms with van der Waals surface area (Å²) in [4.78, 5) is 11.4. The molecule has 7 heteroatoms. The average Bonchev–Trinajstić information content (AvgIpc) is 2.51. The van der Waals surface area contributed by atoms with Gasteiger partial charge in [0.05, 0.1) is 18.6 Å². The van der Waals surface area contributed by atoms with Crippen molar-refractivity contribution in [2.45, 2.75) is 37.1 Å². The van der Waals surface area contributed by atoms with Crippen molar-refractivity contribution in [3.05, 3.63) is 29.8 Å². The molecule has 0 aliphatic heterocycles. The minimum Gasteiger partial charge on any atom is -0.468 e. The van der Waals surface area contributed by atoms with Crippen LogP contribution in [0.2, 0.25) is 0 Å². The van der Waals surface area contributed by atoms with E-state index >= 15 is 0 Å². The Bertz CT molecular complexity index is 568. The lowest BCUT2D eigenvalue weighted by Gasteiger charge is -2.15. The summed E-state index contributed by atoms with van der Waals surface area (Å²) in [7, 11) is -2.76. The molecule has 0 aliphatic rings. The summed E-state index contributed by atoms with van der Waals surface area (Å²) in [6.45, 7) is 3.44. The summed E-state index contributed by atoms with van der Waals surface area (Å²) in [5, 5.41) is 9.06. The topological polar surface area (TPSA) is 92.7 Å². The third-order valence-corrected chi connectivity index (χ3v) is 4.83. The van der Waals surface area contributed by atoms with Crippen molar-refractivity contribution < 1.29 is 23.1 Å². The largest absolute Gasteiger partial charge is 0.468 e. The monoisotopic (exact) mass is 315 g/mol. The Kier molecular flexibility index (Phi) is 6.32. The molecule has 118 valence electrons. The Balaban J connectivity index is 2.95. The molecule has 0 fully saturated rings. The maximum atomic E-state index is 12.1. The van der Waals surface area contributed by atoms with E-state index < -0.39 is 28.6 Å². The fourth-order valence-electron chi connectivity index (χ4n) is 1.77. The SMILES string of the molecule is CCC(C)c1ccc(S(=O)(=O)NC(CO)C(=O)OC)cc1. The zero-order valence-electron chi connectivity index (χ0n) is 12.4. The number of sulfonamides is 1. The zero-order chi connectivity index (χ0) is 16.0. The van der Waals surface area contributed by atoms with Gasteiger partial charge in [0, 0.05) is 0 Å². The van der Waals surface area contributed by atoms with Crippen LogP contribution in [0.5, 0.6) is 0 Å². The molecule has 6 nitrogen and oxygen atoms in total. The molecule has 21 heavy (non-hydrogen) atoms. The second-order valence-electron chi connectivity index (χ2n) is 4.76. The molecule has 0 bridgehead atoms. The number of methoxy groups -OCH3 is 1. The molecular weight excluding hydrogens is 294 g/mol. The fourth-order valence-corrected chi connectivity index (χ4v) is 2.94. The summed E-state index contributed by atoms with van der Waals surface area (Å²) in [6.07, 6.45) is 0.958. The van der Waals surface area contributed by atoms with Crippen LogP contribution >= 0.6 is 0 Å². The summed E-state index contributed by atoms with van der Waals surface area (Å²) in [5.74, 6) is -0.493. The second-order valence-corrected chi connectivity index (χ2v) is 6.47. The van der Waals surface area contributed by atoms with Gasteiger partial charge in [-0.25, -0.2) is 8.42 Å². The van der Waals surface area contributed by atoms with Crippen LogP contribution in [0.3, 0.4) is 0 Å². The van der Waals surface area contributed by atoms with Gasteiger partial charge in [-0.15, -0.1) is 0 Å². The highest BCUT2D eigenvalue weighted by Crippen LogP contribution is 2.20. The normalized spacial score (nSPS) is 14.5. The van der Waals surface area contributed by atoms with Crippen LogP contribution in [0.25, 0.3) is 0 Å². The first kappa shape index (κ1) is 17.6. The molecule has 0 aromatic heterocycles. The minimum absolute atomic E-state index is 0.0388. The molecular formula is C14H21NO5S. The van der Waals surface area contributed by atoms with Crippen LogP contribution in [0.1, 0.15) is 31.7 Å². The molecule has 2 atom stereocenters. The molecule has 0 spiro atoms. The van der Waals surface area contributed by atoms with Gasteiger partial charge in [-0.2, -0.15) is 4.72 Å². The number of nitrogens with one attached hydrogen (secondary N) is 1. The quantitative estimate of drug-likeness (QED) is 0.733. The van der Waals surface area contributed by atoms with Gasteiger partial charge in [-0.1, -0.05) is 26.0 Å². The second kappa shape index (κ2) is 7.53. The van der Waals surface area contributed by atoms with Crippen LogP contribution in [-0.4, -0.2) is 39.3 Å². The van der Waals surface area contributed by atoms with Gasteiger partial charge in [0.15, 0.2) is 0 Å². The van der Waals surface area contributed by atoms with E-state index in [-0.39, 0.29) is 4.90 Å². The predicted octanol–water partition coefficient (Wildman–Crippen LogP) is 1.01. The van der Waals surface area contributed by atoms with Gasteiger partial charge in [0.1, 0.15) is 6.04 Å². The first-order valence-electron chi connectivity index (χ1n) is 6.66. The van der Waals surface area contributed by atoms with E-state index in [1.807, 2.05) is 0 Å². The van der Waals surface area contributed by atoms with Gasteiger partial charge in [-0.05, 0) is 30.0 Å². The van der Waals surface area contributed by atoms with Gasteiger partial charge >= 0.3 is 5.97 Å². The smallest absolute Gasteiger partial charge is 0.326 e. The number of hydrogen-bond donors (Lipinski definition) is 2. The van der Waals surface area contributed by atoms with Crippen molar-refractivity contribution in [2.24, 2.45) is 0 Å². The standard InChI is InChI=1S/C14H21NO5S/c1-4-10(2)11-5-7-12(8-6-11)21(18,19)15-13(9-16)14(17)20-3/h5-8,10,13,15-16H,4,9H2,1-3H3. The highest BCUT2D eigenvalue weighted by molar-refractivity contribution is 7.89. The molecule has 2 N–H and O–H groups in total. The Morgan fingerprint density at radius 3 is 2.33 bits per heavy atom. The number of aliphatic hydroxyl groups is 1. The summed E-state index contributed by atoms with van der Waals surface area (Å²) < 4.78 is 30.8. The molecule has 1 rings (SSSR count). The molecule has 1 aromatic rings. The van der Waals surface area contributed by atoms with Crippen molar-refractivity contribution in [3.8, 4) is 0 Å². The molecule has 0 radical (unpaired) electrons. The van der Waals surface area contributed by atoms with Gasteiger partial charge in [0.25, 0.3) is 0 Å². The number of hydrogen-bond acceptors (Lipinski definition) is 5. The molecule has 1 aromatic carbocycles. The summed E-state index contributed by atoms with van der Waals surface area (Å²) >= 11 is 0. The van der Waals surface area contributed by atoms with Gasteiger partial charge in [-0.3, -0.25) is 4.79 Å². The van der Waals surface area contributed by atoms with Crippen LogP contribution in [0.4, 0.5) is 0 Å².